The summed E-state index contributed by atoms with van der Waals surface area (Å²) in [6, 6.07) is -0.502. The third kappa shape index (κ3) is 7.63. The van der Waals surface area contributed by atoms with Gasteiger partial charge in [-0.15, -0.1) is 0 Å². The summed E-state index contributed by atoms with van der Waals surface area (Å²) in [5.74, 6) is -0.115. The van der Waals surface area contributed by atoms with E-state index in [0.29, 0.717) is 32.2 Å². The summed E-state index contributed by atoms with van der Waals surface area (Å²) in [6.07, 6.45) is 4.64. The van der Waals surface area contributed by atoms with Crippen LogP contribution in [0.15, 0.2) is 0 Å². The van der Waals surface area contributed by atoms with Crippen molar-refractivity contribution < 1.29 is 23.8 Å². The first kappa shape index (κ1) is 27.7. The molecule has 31 heavy (non-hydrogen) atoms. The molecule has 182 valence electrons. The molecule has 1 N–H and O–H groups in total. The first-order valence-electron chi connectivity index (χ1n) is 11.8. The molecule has 0 aromatic rings. The quantitative estimate of drug-likeness (QED) is 0.475. The SMILES string of the molecule is CCC(C)(CC(C)OC)NC(=O)C1CCCN1C(=O)OC(C)(CC)CC(C)(CC)OC. The normalized spacial score (nSPS) is 23.4. The van der Waals surface area contributed by atoms with Crippen LogP contribution in [-0.4, -0.2) is 66.6 Å². The van der Waals surface area contributed by atoms with Crippen molar-refractivity contribution in [3.63, 3.8) is 0 Å². The second kappa shape index (κ2) is 11.5. The topological polar surface area (TPSA) is 77.1 Å². The molecule has 0 aromatic carbocycles. The molecule has 1 saturated heterocycles. The van der Waals surface area contributed by atoms with E-state index in [1.54, 1.807) is 19.1 Å². The molecule has 0 saturated carbocycles. The fourth-order valence-corrected chi connectivity index (χ4v) is 4.28. The smallest absolute Gasteiger partial charge is 0.410 e. The van der Waals surface area contributed by atoms with E-state index in [1.807, 2.05) is 34.6 Å². The molecule has 0 aliphatic carbocycles. The number of carbonyl (C=O) groups excluding carboxylic acids is 2. The maximum atomic E-state index is 13.1. The van der Waals surface area contributed by atoms with Crippen LogP contribution in [0.2, 0.25) is 0 Å². The van der Waals surface area contributed by atoms with Crippen LogP contribution in [0, 0.1) is 0 Å². The predicted molar refractivity (Wildman–Crippen MR) is 123 cm³/mol. The average Bonchev–Trinajstić information content (AvgIpc) is 3.23. The van der Waals surface area contributed by atoms with Crippen LogP contribution in [0.3, 0.4) is 0 Å². The molecular formula is C24H46N2O5. The van der Waals surface area contributed by atoms with Crippen molar-refractivity contribution in [1.82, 2.24) is 10.2 Å². The van der Waals surface area contributed by atoms with Crippen molar-refractivity contribution in [2.24, 2.45) is 0 Å². The molecule has 2 amide bonds. The lowest BCUT2D eigenvalue weighted by Gasteiger charge is -2.39. The Hall–Kier alpha value is -1.34. The van der Waals surface area contributed by atoms with Crippen molar-refractivity contribution in [2.75, 3.05) is 20.8 Å². The number of hydrogen-bond donors (Lipinski definition) is 1. The molecule has 1 aliphatic heterocycles. The lowest BCUT2D eigenvalue weighted by molar-refractivity contribution is -0.128. The van der Waals surface area contributed by atoms with Crippen LogP contribution < -0.4 is 5.32 Å². The molecule has 5 unspecified atom stereocenters. The number of methoxy groups -OCH3 is 2. The van der Waals surface area contributed by atoms with Gasteiger partial charge in [0.25, 0.3) is 0 Å². The number of carbonyl (C=O) groups is 2. The minimum absolute atomic E-state index is 0.0359. The average molecular weight is 443 g/mol. The molecule has 0 aromatic heterocycles. The second-order valence-electron chi connectivity index (χ2n) is 9.86. The maximum Gasteiger partial charge on any atom is 0.410 e. The van der Waals surface area contributed by atoms with Crippen molar-refractivity contribution in [1.29, 1.82) is 0 Å². The van der Waals surface area contributed by atoms with Gasteiger partial charge in [-0.05, 0) is 66.2 Å². The zero-order valence-corrected chi connectivity index (χ0v) is 21.3. The Morgan fingerprint density at radius 2 is 1.68 bits per heavy atom. The lowest BCUT2D eigenvalue weighted by atomic mass is 9.85. The Morgan fingerprint density at radius 3 is 2.16 bits per heavy atom. The van der Waals surface area contributed by atoms with Gasteiger partial charge in [0, 0.05) is 32.7 Å². The zero-order chi connectivity index (χ0) is 23.9. The maximum absolute atomic E-state index is 13.1. The molecular weight excluding hydrogens is 396 g/mol. The van der Waals surface area contributed by atoms with E-state index in [4.69, 9.17) is 14.2 Å². The molecule has 0 bridgehead atoms. The lowest BCUT2D eigenvalue weighted by Crippen LogP contribution is -2.55. The number of nitrogens with zero attached hydrogens (tertiary/aromatic N) is 1. The number of likely N-dealkylation sites (tertiary alicyclic amines) is 1. The number of ether oxygens (including phenoxy) is 3. The number of nitrogens with one attached hydrogen (secondary N) is 1. The van der Waals surface area contributed by atoms with Gasteiger partial charge in [-0.1, -0.05) is 20.8 Å². The first-order valence-corrected chi connectivity index (χ1v) is 11.8. The highest BCUT2D eigenvalue weighted by Crippen LogP contribution is 2.33. The Bertz CT molecular complexity index is 595. The molecule has 7 nitrogen and oxygen atoms in total. The van der Waals surface area contributed by atoms with E-state index in [9.17, 15) is 9.59 Å². The van der Waals surface area contributed by atoms with E-state index in [1.165, 1.54) is 0 Å². The Kier molecular flexibility index (Phi) is 10.3. The predicted octanol–water partition coefficient (Wildman–Crippen LogP) is 4.67. The molecule has 5 atom stereocenters. The number of amides is 2. The van der Waals surface area contributed by atoms with Crippen LogP contribution >= 0.6 is 0 Å². The van der Waals surface area contributed by atoms with Crippen LogP contribution in [0.5, 0.6) is 0 Å². The fraction of sp³-hybridized carbons (Fsp3) is 0.917. The first-order chi connectivity index (χ1) is 14.4. The molecule has 7 heteroatoms. The highest BCUT2D eigenvalue weighted by atomic mass is 16.6. The number of rotatable bonds is 12. The summed E-state index contributed by atoms with van der Waals surface area (Å²) < 4.78 is 17.1. The van der Waals surface area contributed by atoms with Gasteiger partial charge in [-0.25, -0.2) is 4.79 Å². The van der Waals surface area contributed by atoms with Gasteiger partial charge in [0.15, 0.2) is 0 Å². The third-order valence-electron chi connectivity index (χ3n) is 7.21. The van der Waals surface area contributed by atoms with Crippen LogP contribution in [0.1, 0.15) is 93.4 Å². The molecule has 1 aliphatic rings. The highest BCUT2D eigenvalue weighted by molar-refractivity contribution is 5.86. The summed E-state index contributed by atoms with van der Waals surface area (Å²) in [6.45, 7) is 14.7. The zero-order valence-electron chi connectivity index (χ0n) is 21.3. The molecule has 0 spiro atoms. The highest BCUT2D eigenvalue weighted by Gasteiger charge is 2.42. The van der Waals surface area contributed by atoms with E-state index < -0.39 is 17.7 Å². The van der Waals surface area contributed by atoms with Crippen molar-refractivity contribution in [3.05, 3.63) is 0 Å². The standard InChI is InChI=1S/C24H46N2O5/c1-10-22(5,16-18(4)29-8)25-20(27)19-14-13-15-26(19)21(28)31-24(7,12-3)17-23(6,11-2)30-9/h18-19H,10-17H2,1-9H3,(H,25,27). The van der Waals surface area contributed by atoms with Gasteiger partial charge in [-0.2, -0.15) is 0 Å². The minimum Gasteiger partial charge on any atom is -0.443 e. The molecule has 0 radical (unpaired) electrons. The van der Waals surface area contributed by atoms with Gasteiger partial charge in [0.2, 0.25) is 5.91 Å². The third-order valence-corrected chi connectivity index (χ3v) is 7.21. The Labute approximate surface area is 189 Å². The van der Waals surface area contributed by atoms with Gasteiger partial charge in [-0.3, -0.25) is 9.69 Å². The van der Waals surface area contributed by atoms with Crippen LogP contribution in [0.4, 0.5) is 4.79 Å². The Morgan fingerprint density at radius 1 is 1.06 bits per heavy atom. The van der Waals surface area contributed by atoms with Crippen LogP contribution in [-0.2, 0) is 19.0 Å². The summed E-state index contributed by atoms with van der Waals surface area (Å²) in [5, 5.41) is 3.18. The van der Waals surface area contributed by atoms with E-state index in [0.717, 1.165) is 19.3 Å². The van der Waals surface area contributed by atoms with Gasteiger partial charge >= 0.3 is 6.09 Å². The van der Waals surface area contributed by atoms with Gasteiger partial charge in [0.1, 0.15) is 11.6 Å². The summed E-state index contributed by atoms with van der Waals surface area (Å²) in [4.78, 5) is 27.9. The van der Waals surface area contributed by atoms with Crippen molar-refractivity contribution in [2.45, 2.75) is 122 Å². The molecule has 1 heterocycles. The van der Waals surface area contributed by atoms with E-state index >= 15 is 0 Å². The molecule has 1 fully saturated rings. The molecule has 1 rings (SSSR count). The monoisotopic (exact) mass is 442 g/mol. The summed E-state index contributed by atoms with van der Waals surface area (Å²) in [7, 11) is 3.37. The fourth-order valence-electron chi connectivity index (χ4n) is 4.28. The number of hydrogen-bond acceptors (Lipinski definition) is 5. The summed E-state index contributed by atoms with van der Waals surface area (Å²) in [5.41, 5.74) is -1.41. The van der Waals surface area contributed by atoms with Crippen LogP contribution in [0.25, 0.3) is 0 Å². The largest absolute Gasteiger partial charge is 0.443 e. The van der Waals surface area contributed by atoms with Gasteiger partial charge in [0.05, 0.1) is 11.7 Å². The second-order valence-corrected chi connectivity index (χ2v) is 9.86. The van der Waals surface area contributed by atoms with Crippen molar-refractivity contribution >= 4 is 12.0 Å². The van der Waals surface area contributed by atoms with E-state index in [2.05, 4.69) is 19.2 Å². The minimum atomic E-state index is -0.659. The Balaban J connectivity index is 2.89. The van der Waals surface area contributed by atoms with Crippen molar-refractivity contribution in [3.8, 4) is 0 Å². The summed E-state index contributed by atoms with van der Waals surface area (Å²) >= 11 is 0. The van der Waals surface area contributed by atoms with E-state index in [-0.39, 0.29) is 23.2 Å². The van der Waals surface area contributed by atoms with Gasteiger partial charge < -0.3 is 19.5 Å².